The van der Waals surface area contributed by atoms with Gasteiger partial charge in [-0.2, -0.15) is 0 Å². The molecule has 5 heteroatoms. The van der Waals surface area contributed by atoms with Crippen LogP contribution in [0.4, 0.5) is 0 Å². The summed E-state index contributed by atoms with van der Waals surface area (Å²) in [6.07, 6.45) is 5.04. The molecular weight excluding hydrogens is 260 g/mol. The molecular formula is C14H20N2O2S. The highest BCUT2D eigenvalue weighted by atomic mass is 32.1. The van der Waals surface area contributed by atoms with E-state index in [-0.39, 0.29) is 11.7 Å². The van der Waals surface area contributed by atoms with E-state index in [2.05, 4.69) is 24.5 Å². The molecule has 0 unspecified atom stereocenters. The number of amides is 1. The van der Waals surface area contributed by atoms with E-state index in [4.69, 9.17) is 16.6 Å². The lowest BCUT2D eigenvalue weighted by Crippen LogP contribution is -2.49. The molecule has 1 amide bonds. The second-order valence-corrected chi connectivity index (χ2v) is 5.69. The molecule has 2 N–H and O–H groups in total. The third-order valence-electron chi connectivity index (χ3n) is 4.00. The molecule has 0 radical (unpaired) electrons. The van der Waals surface area contributed by atoms with Gasteiger partial charge in [0.25, 0.3) is 5.91 Å². The largest absolute Gasteiger partial charge is 0.459 e. The van der Waals surface area contributed by atoms with Crippen LogP contribution in [0, 0.1) is 11.8 Å². The summed E-state index contributed by atoms with van der Waals surface area (Å²) in [4.78, 5) is 11.8. The summed E-state index contributed by atoms with van der Waals surface area (Å²) in [7, 11) is 0. The van der Waals surface area contributed by atoms with Gasteiger partial charge in [-0.25, -0.2) is 0 Å². The van der Waals surface area contributed by atoms with E-state index in [1.165, 1.54) is 19.1 Å². The second-order valence-electron chi connectivity index (χ2n) is 5.28. The molecule has 1 heterocycles. The van der Waals surface area contributed by atoms with Crippen LogP contribution in [0.1, 0.15) is 43.7 Å². The lowest BCUT2D eigenvalue weighted by Gasteiger charge is -2.35. The first-order chi connectivity index (χ1) is 9.08. The van der Waals surface area contributed by atoms with Crippen LogP contribution in [0.15, 0.2) is 22.8 Å². The molecule has 0 aromatic carbocycles. The van der Waals surface area contributed by atoms with Gasteiger partial charge in [-0.1, -0.05) is 26.7 Å². The van der Waals surface area contributed by atoms with Crippen LogP contribution in [0.5, 0.6) is 0 Å². The van der Waals surface area contributed by atoms with Crippen molar-refractivity contribution >= 4 is 23.2 Å². The predicted molar refractivity (Wildman–Crippen MR) is 77.9 cm³/mol. The minimum absolute atomic E-state index is 0.272. The van der Waals surface area contributed by atoms with Crippen LogP contribution < -0.4 is 10.6 Å². The second kappa shape index (κ2) is 6.19. The molecule has 104 valence electrons. The predicted octanol–water partition coefficient (Wildman–Crippen LogP) is 2.71. The Balaban J connectivity index is 1.86. The minimum atomic E-state index is -0.306. The third-order valence-corrected chi connectivity index (χ3v) is 4.22. The summed E-state index contributed by atoms with van der Waals surface area (Å²) in [6, 6.07) is 3.63. The Bertz CT molecular complexity index is 444. The number of thiocarbonyl (C=S) groups is 1. The zero-order valence-corrected chi connectivity index (χ0v) is 12.1. The van der Waals surface area contributed by atoms with Crippen molar-refractivity contribution < 1.29 is 9.21 Å². The number of rotatable bonds is 2. The Hall–Kier alpha value is -1.36. The standard InChI is InChI=1S/C14H20N2O2S/c1-9-5-3-6-11(10(9)2)15-14(19)16-13(17)12-7-4-8-18-12/h4,7-11H,3,5-6H2,1-2H3,(H2,15,16,17,19)/t9-,10+,11+/m1/s1. The van der Waals surface area contributed by atoms with Crippen LogP contribution in [0.3, 0.4) is 0 Å². The van der Waals surface area contributed by atoms with Gasteiger partial charge in [0, 0.05) is 6.04 Å². The van der Waals surface area contributed by atoms with Crippen LogP contribution in [0.2, 0.25) is 0 Å². The van der Waals surface area contributed by atoms with E-state index in [9.17, 15) is 4.79 Å². The van der Waals surface area contributed by atoms with Crippen molar-refractivity contribution in [3.63, 3.8) is 0 Å². The van der Waals surface area contributed by atoms with Crippen molar-refractivity contribution in [2.45, 2.75) is 39.2 Å². The summed E-state index contributed by atoms with van der Waals surface area (Å²) in [5.41, 5.74) is 0. The fourth-order valence-electron chi connectivity index (χ4n) is 2.56. The lowest BCUT2D eigenvalue weighted by molar-refractivity contribution is 0.0948. The molecule has 4 nitrogen and oxygen atoms in total. The molecule has 0 aliphatic heterocycles. The molecule has 19 heavy (non-hydrogen) atoms. The van der Waals surface area contributed by atoms with Gasteiger partial charge in [0.1, 0.15) is 0 Å². The maximum atomic E-state index is 11.8. The molecule has 1 aromatic heterocycles. The average molecular weight is 280 g/mol. The van der Waals surface area contributed by atoms with E-state index in [1.807, 2.05) is 0 Å². The summed E-state index contributed by atoms with van der Waals surface area (Å²) >= 11 is 5.19. The Kier molecular flexibility index (Phi) is 4.58. The van der Waals surface area contributed by atoms with Crippen molar-refractivity contribution in [1.29, 1.82) is 0 Å². The third kappa shape index (κ3) is 3.56. The number of furan rings is 1. The molecule has 1 aromatic rings. The summed E-state index contributed by atoms with van der Waals surface area (Å²) in [5, 5.41) is 6.28. The smallest absolute Gasteiger partial charge is 0.293 e. The molecule has 1 saturated carbocycles. The van der Waals surface area contributed by atoms with Gasteiger partial charge in [-0.05, 0) is 42.6 Å². The monoisotopic (exact) mass is 280 g/mol. The van der Waals surface area contributed by atoms with Crippen molar-refractivity contribution in [3.8, 4) is 0 Å². The molecule has 1 aliphatic rings. The van der Waals surface area contributed by atoms with Crippen LogP contribution in [-0.4, -0.2) is 17.1 Å². The van der Waals surface area contributed by atoms with E-state index in [0.717, 1.165) is 6.42 Å². The molecule has 3 atom stereocenters. The Morgan fingerprint density at radius 1 is 1.42 bits per heavy atom. The van der Waals surface area contributed by atoms with Crippen LogP contribution in [0.25, 0.3) is 0 Å². The molecule has 0 bridgehead atoms. The van der Waals surface area contributed by atoms with Gasteiger partial charge >= 0.3 is 0 Å². The zero-order chi connectivity index (χ0) is 13.8. The van der Waals surface area contributed by atoms with Gasteiger partial charge in [-0.3, -0.25) is 10.1 Å². The summed E-state index contributed by atoms with van der Waals surface area (Å²) in [5.74, 6) is 1.22. The zero-order valence-electron chi connectivity index (χ0n) is 11.3. The molecule has 1 fully saturated rings. The van der Waals surface area contributed by atoms with Gasteiger partial charge in [0.2, 0.25) is 0 Å². The number of hydrogen-bond donors (Lipinski definition) is 2. The Morgan fingerprint density at radius 3 is 2.89 bits per heavy atom. The van der Waals surface area contributed by atoms with E-state index >= 15 is 0 Å². The van der Waals surface area contributed by atoms with E-state index in [0.29, 0.717) is 23.0 Å². The molecule has 1 aliphatic carbocycles. The Morgan fingerprint density at radius 2 is 2.21 bits per heavy atom. The number of hydrogen-bond acceptors (Lipinski definition) is 3. The summed E-state index contributed by atoms with van der Waals surface area (Å²) in [6.45, 7) is 4.50. The van der Waals surface area contributed by atoms with Crippen molar-refractivity contribution in [1.82, 2.24) is 10.6 Å². The SMILES string of the molecule is C[C@H]1[C@H](C)CCC[C@@H]1NC(=S)NC(=O)c1ccco1. The first kappa shape index (κ1) is 14.1. The molecule has 0 saturated heterocycles. The van der Waals surface area contributed by atoms with Gasteiger partial charge in [0.15, 0.2) is 10.9 Å². The maximum absolute atomic E-state index is 11.8. The maximum Gasteiger partial charge on any atom is 0.293 e. The quantitative estimate of drug-likeness (QED) is 0.818. The first-order valence-electron chi connectivity index (χ1n) is 6.73. The van der Waals surface area contributed by atoms with E-state index < -0.39 is 0 Å². The Labute approximate surface area is 118 Å². The summed E-state index contributed by atoms with van der Waals surface area (Å²) < 4.78 is 5.02. The molecule has 0 spiro atoms. The number of carbonyl (C=O) groups excluding carboxylic acids is 1. The first-order valence-corrected chi connectivity index (χ1v) is 7.14. The fraction of sp³-hybridized carbons (Fsp3) is 0.571. The lowest BCUT2D eigenvalue weighted by atomic mass is 9.78. The normalized spacial score (nSPS) is 26.7. The highest BCUT2D eigenvalue weighted by molar-refractivity contribution is 7.80. The van der Waals surface area contributed by atoms with Gasteiger partial charge in [-0.15, -0.1) is 0 Å². The van der Waals surface area contributed by atoms with Crippen LogP contribution >= 0.6 is 12.2 Å². The fourth-order valence-corrected chi connectivity index (χ4v) is 2.81. The topological polar surface area (TPSA) is 54.3 Å². The van der Waals surface area contributed by atoms with Crippen molar-refractivity contribution in [2.24, 2.45) is 11.8 Å². The molecule has 2 rings (SSSR count). The van der Waals surface area contributed by atoms with Gasteiger partial charge in [0.05, 0.1) is 6.26 Å². The highest BCUT2D eigenvalue weighted by Crippen LogP contribution is 2.29. The van der Waals surface area contributed by atoms with Crippen molar-refractivity contribution in [2.75, 3.05) is 0 Å². The number of nitrogens with one attached hydrogen (secondary N) is 2. The highest BCUT2D eigenvalue weighted by Gasteiger charge is 2.27. The van der Waals surface area contributed by atoms with Gasteiger partial charge < -0.3 is 9.73 Å². The average Bonchev–Trinajstić information content (AvgIpc) is 2.88. The van der Waals surface area contributed by atoms with Crippen molar-refractivity contribution in [3.05, 3.63) is 24.2 Å². The van der Waals surface area contributed by atoms with E-state index in [1.54, 1.807) is 12.1 Å². The minimum Gasteiger partial charge on any atom is -0.459 e. The van der Waals surface area contributed by atoms with Crippen LogP contribution in [-0.2, 0) is 0 Å². The number of carbonyl (C=O) groups is 1.